The average molecular weight is 318 g/mol. The van der Waals surface area contributed by atoms with Gasteiger partial charge in [0.05, 0.1) is 18.0 Å². The summed E-state index contributed by atoms with van der Waals surface area (Å²) in [5.41, 5.74) is 1.63. The number of carbonyl (C=O) groups is 2. The molecule has 1 aromatic carbocycles. The third kappa shape index (κ3) is 3.49. The van der Waals surface area contributed by atoms with Gasteiger partial charge in [-0.15, -0.1) is 0 Å². The lowest BCUT2D eigenvalue weighted by molar-refractivity contribution is -0.146. The Bertz CT molecular complexity index is 571. The van der Waals surface area contributed by atoms with Crippen molar-refractivity contribution in [1.82, 2.24) is 0 Å². The molecule has 0 bridgehead atoms. The number of nitrogens with one attached hydrogen (secondary N) is 1. The van der Waals surface area contributed by atoms with Crippen LogP contribution in [0.1, 0.15) is 40.5 Å². The molecular formula is C18H26N2O3. The van der Waals surface area contributed by atoms with Crippen molar-refractivity contribution in [3.63, 3.8) is 0 Å². The molecule has 2 atom stereocenters. The summed E-state index contributed by atoms with van der Waals surface area (Å²) in [4.78, 5) is 27.0. The number of benzene rings is 1. The van der Waals surface area contributed by atoms with Crippen LogP contribution in [-0.4, -0.2) is 30.6 Å². The molecule has 0 radical (unpaired) electrons. The molecule has 2 unspecified atom stereocenters. The number of esters is 1. The molecule has 0 saturated carbocycles. The van der Waals surface area contributed by atoms with Crippen molar-refractivity contribution in [1.29, 1.82) is 0 Å². The first kappa shape index (κ1) is 17.3. The molecule has 126 valence electrons. The number of para-hydroxylation sites is 2. The molecule has 23 heavy (non-hydrogen) atoms. The summed E-state index contributed by atoms with van der Waals surface area (Å²) in [5, 5.41) is 3.29. The third-order valence-corrected chi connectivity index (χ3v) is 4.06. The standard InChI is InChI=1S/C18H26N2O3/c1-5-11-23-18(22)14(6-2)20-15-10-8-7-9-13(15)19-16(12(3)4)17(20)21/h7-10,12,14,16,19H,5-6,11H2,1-4H3. The van der Waals surface area contributed by atoms with E-state index in [2.05, 4.69) is 5.32 Å². The van der Waals surface area contributed by atoms with Crippen LogP contribution in [0.4, 0.5) is 11.4 Å². The lowest BCUT2D eigenvalue weighted by atomic mass is 9.97. The van der Waals surface area contributed by atoms with Gasteiger partial charge in [-0.2, -0.15) is 0 Å². The average Bonchev–Trinajstić information content (AvgIpc) is 2.54. The largest absolute Gasteiger partial charge is 0.464 e. The topological polar surface area (TPSA) is 58.6 Å². The van der Waals surface area contributed by atoms with Gasteiger partial charge in [0.15, 0.2) is 0 Å². The van der Waals surface area contributed by atoms with Gasteiger partial charge in [0.2, 0.25) is 0 Å². The summed E-state index contributed by atoms with van der Waals surface area (Å²) in [6.45, 7) is 8.23. The normalized spacial score (nSPS) is 18.4. The monoisotopic (exact) mass is 318 g/mol. The smallest absolute Gasteiger partial charge is 0.329 e. The number of nitrogens with zero attached hydrogens (tertiary/aromatic N) is 1. The minimum absolute atomic E-state index is 0.0704. The van der Waals surface area contributed by atoms with E-state index in [1.54, 1.807) is 4.90 Å². The van der Waals surface area contributed by atoms with E-state index in [0.717, 1.165) is 17.8 Å². The van der Waals surface area contributed by atoms with E-state index in [0.29, 0.717) is 13.0 Å². The van der Waals surface area contributed by atoms with Crippen LogP contribution in [0.25, 0.3) is 0 Å². The van der Waals surface area contributed by atoms with Gasteiger partial charge in [0.25, 0.3) is 5.91 Å². The highest BCUT2D eigenvalue weighted by atomic mass is 16.5. The van der Waals surface area contributed by atoms with Gasteiger partial charge >= 0.3 is 5.97 Å². The van der Waals surface area contributed by atoms with Crippen LogP contribution in [0, 0.1) is 5.92 Å². The SMILES string of the molecule is CCCOC(=O)C(CC)N1C(=O)C(C(C)C)Nc2ccccc21. The van der Waals surface area contributed by atoms with Crippen molar-refractivity contribution in [2.75, 3.05) is 16.8 Å². The minimum Gasteiger partial charge on any atom is -0.464 e. The number of hydrogen-bond acceptors (Lipinski definition) is 4. The fraction of sp³-hybridized carbons (Fsp3) is 0.556. The molecule has 1 aliphatic heterocycles. The van der Waals surface area contributed by atoms with E-state index in [1.165, 1.54) is 0 Å². The number of carbonyl (C=O) groups excluding carboxylic acids is 2. The molecule has 1 amide bonds. The Balaban J connectivity index is 2.40. The molecule has 0 saturated heterocycles. The summed E-state index contributed by atoms with van der Waals surface area (Å²) in [5.74, 6) is -0.275. The molecule has 5 nitrogen and oxygen atoms in total. The van der Waals surface area contributed by atoms with Crippen molar-refractivity contribution in [3.8, 4) is 0 Å². The summed E-state index contributed by atoms with van der Waals surface area (Å²) in [6.07, 6.45) is 1.29. The Hall–Kier alpha value is -2.04. The van der Waals surface area contributed by atoms with E-state index < -0.39 is 6.04 Å². The van der Waals surface area contributed by atoms with Crippen molar-refractivity contribution in [2.45, 2.75) is 52.6 Å². The van der Waals surface area contributed by atoms with Gasteiger partial charge in [0.1, 0.15) is 12.1 Å². The first-order chi connectivity index (χ1) is 11.0. The van der Waals surface area contributed by atoms with E-state index in [9.17, 15) is 9.59 Å². The highest BCUT2D eigenvalue weighted by Gasteiger charge is 2.40. The third-order valence-electron chi connectivity index (χ3n) is 4.06. The lowest BCUT2D eigenvalue weighted by Gasteiger charge is -2.40. The zero-order chi connectivity index (χ0) is 17.0. The Morgan fingerprint density at radius 2 is 2.00 bits per heavy atom. The quantitative estimate of drug-likeness (QED) is 0.818. The molecule has 1 N–H and O–H groups in total. The van der Waals surface area contributed by atoms with Crippen molar-refractivity contribution >= 4 is 23.3 Å². The fourth-order valence-corrected chi connectivity index (χ4v) is 2.83. The molecule has 0 fully saturated rings. The number of hydrogen-bond donors (Lipinski definition) is 1. The van der Waals surface area contributed by atoms with Crippen molar-refractivity contribution in [3.05, 3.63) is 24.3 Å². The van der Waals surface area contributed by atoms with Crippen LogP contribution in [0.2, 0.25) is 0 Å². The summed E-state index contributed by atoms with van der Waals surface area (Å²) in [6, 6.07) is 6.69. The zero-order valence-electron chi connectivity index (χ0n) is 14.3. The van der Waals surface area contributed by atoms with Gasteiger partial charge in [-0.1, -0.05) is 39.8 Å². The van der Waals surface area contributed by atoms with E-state index in [4.69, 9.17) is 4.74 Å². The Labute approximate surface area is 138 Å². The number of anilines is 2. The lowest BCUT2D eigenvalue weighted by Crippen LogP contribution is -2.56. The second-order valence-corrected chi connectivity index (χ2v) is 6.18. The number of amides is 1. The van der Waals surface area contributed by atoms with Gasteiger partial charge < -0.3 is 10.1 Å². The van der Waals surface area contributed by atoms with E-state index in [1.807, 2.05) is 52.0 Å². The van der Waals surface area contributed by atoms with Crippen LogP contribution in [-0.2, 0) is 14.3 Å². The first-order valence-electron chi connectivity index (χ1n) is 8.36. The van der Waals surface area contributed by atoms with Crippen molar-refractivity contribution < 1.29 is 14.3 Å². The van der Waals surface area contributed by atoms with Crippen LogP contribution in [0.15, 0.2) is 24.3 Å². The molecule has 1 heterocycles. The predicted molar refractivity (Wildman–Crippen MR) is 91.5 cm³/mol. The first-order valence-corrected chi connectivity index (χ1v) is 8.36. The van der Waals surface area contributed by atoms with Crippen LogP contribution in [0.5, 0.6) is 0 Å². The predicted octanol–water partition coefficient (Wildman–Crippen LogP) is 3.20. The zero-order valence-corrected chi connectivity index (χ0v) is 14.3. The molecular weight excluding hydrogens is 292 g/mol. The van der Waals surface area contributed by atoms with Crippen LogP contribution in [0.3, 0.4) is 0 Å². The summed E-state index contributed by atoms with van der Waals surface area (Å²) >= 11 is 0. The Kier molecular flexibility index (Phi) is 5.64. The molecule has 1 aromatic rings. The summed E-state index contributed by atoms with van der Waals surface area (Å²) in [7, 11) is 0. The Morgan fingerprint density at radius 3 is 2.61 bits per heavy atom. The maximum absolute atomic E-state index is 13.0. The maximum atomic E-state index is 13.0. The fourth-order valence-electron chi connectivity index (χ4n) is 2.83. The van der Waals surface area contributed by atoms with Gasteiger partial charge in [0, 0.05) is 0 Å². The molecule has 5 heteroatoms. The summed E-state index contributed by atoms with van der Waals surface area (Å²) < 4.78 is 5.30. The molecule has 0 aliphatic carbocycles. The van der Waals surface area contributed by atoms with Gasteiger partial charge in [-0.05, 0) is 30.9 Å². The van der Waals surface area contributed by atoms with Gasteiger partial charge in [-0.25, -0.2) is 4.79 Å². The molecule has 0 spiro atoms. The second kappa shape index (κ2) is 7.49. The molecule has 0 aromatic heterocycles. The highest BCUT2D eigenvalue weighted by Crippen LogP contribution is 2.35. The second-order valence-electron chi connectivity index (χ2n) is 6.18. The van der Waals surface area contributed by atoms with Crippen molar-refractivity contribution in [2.24, 2.45) is 5.92 Å². The highest BCUT2D eigenvalue weighted by molar-refractivity contribution is 6.08. The number of rotatable bonds is 6. The number of ether oxygens (including phenoxy) is 1. The van der Waals surface area contributed by atoms with Gasteiger partial charge in [-0.3, -0.25) is 9.69 Å². The minimum atomic E-state index is -0.585. The molecule has 2 rings (SSSR count). The number of fused-ring (bicyclic) bond motifs is 1. The molecule has 1 aliphatic rings. The Morgan fingerprint density at radius 1 is 1.30 bits per heavy atom. The van der Waals surface area contributed by atoms with E-state index in [-0.39, 0.29) is 23.8 Å². The van der Waals surface area contributed by atoms with Crippen LogP contribution >= 0.6 is 0 Å². The maximum Gasteiger partial charge on any atom is 0.329 e. The van der Waals surface area contributed by atoms with E-state index >= 15 is 0 Å². The van der Waals surface area contributed by atoms with Crippen LogP contribution < -0.4 is 10.2 Å².